The number of nitrogens with zero attached hydrogens (tertiary/aromatic N) is 2. The summed E-state index contributed by atoms with van der Waals surface area (Å²) in [6.07, 6.45) is 6.36. The zero-order valence-electron chi connectivity index (χ0n) is 32.4. The van der Waals surface area contributed by atoms with Gasteiger partial charge in [0.1, 0.15) is 0 Å². The topological polar surface area (TPSA) is 63.6 Å². The molecule has 0 aromatic heterocycles. The van der Waals surface area contributed by atoms with Crippen molar-refractivity contribution < 1.29 is 20.0 Å². The summed E-state index contributed by atoms with van der Waals surface area (Å²) in [6, 6.07) is 29.5. The van der Waals surface area contributed by atoms with Crippen LogP contribution in [0.5, 0.6) is 23.0 Å². The Labute approximate surface area is 321 Å². The van der Waals surface area contributed by atoms with E-state index in [4.69, 9.17) is 14.8 Å². The van der Waals surface area contributed by atoms with Crippen molar-refractivity contribution in [3.05, 3.63) is 96.1 Å². The zero-order chi connectivity index (χ0) is 37.0. The number of ether oxygens (including phenoxy) is 2. The van der Waals surface area contributed by atoms with Crippen molar-refractivity contribution in [2.24, 2.45) is 0 Å². The second kappa shape index (κ2) is 16.5. The summed E-state index contributed by atoms with van der Waals surface area (Å²) in [5.74, 6) is 2.73. The van der Waals surface area contributed by atoms with E-state index in [0.717, 1.165) is 89.4 Å². The molecule has 0 saturated heterocycles. The zero-order valence-corrected chi connectivity index (χ0v) is 36.9. The number of benzene rings is 4. The van der Waals surface area contributed by atoms with Gasteiger partial charge in [-0.3, -0.25) is 0 Å². The van der Waals surface area contributed by atoms with Gasteiger partial charge in [-0.1, -0.05) is 0 Å². The monoisotopic (exact) mass is 898 g/mol. The molecule has 1 N–H and O–H groups in total. The second-order valence-electron chi connectivity index (χ2n) is 15.2. The van der Waals surface area contributed by atoms with Crippen molar-refractivity contribution in [1.29, 1.82) is 0 Å². The number of phenols is 1. The van der Waals surface area contributed by atoms with Gasteiger partial charge >= 0.3 is 323 Å². The maximum absolute atomic E-state index is 11.2. The average Bonchev–Trinajstić information content (AvgIpc) is 3.18. The molecule has 1 aliphatic heterocycles. The Morgan fingerprint density at radius 1 is 0.692 bits per heavy atom. The van der Waals surface area contributed by atoms with E-state index in [-0.39, 0.29) is 5.75 Å². The number of rotatable bonds is 8. The van der Waals surface area contributed by atoms with Crippen LogP contribution in [0.4, 0.5) is 0 Å². The van der Waals surface area contributed by atoms with E-state index in [0.29, 0.717) is 12.1 Å². The summed E-state index contributed by atoms with van der Waals surface area (Å²) in [5, 5.41) is 11.2. The second-order valence-corrected chi connectivity index (χ2v) is 24.5. The standard InChI is InChI=1S/C35H40N2O4.C9H19O.Tl/c1-36(22-24-12-10-16-28(34(24)39)26-14-4-8-20-32(26)38)30-18-6-7-19-31(30)37(2)23-25-13-11-17-29(35(25)40)27-15-5-9-21-33(27)41-3;1-6-8(3)9(4,7-2)10-5;/h4-5,8-17,20-21,30-31,38-40H,6-7,18-19,22-23H2,1-3H3;6-7H2,1-5H3;/q;;+2/p-2. The van der Waals surface area contributed by atoms with E-state index in [1.54, 1.807) is 13.2 Å². The SMILES string of the molecule is CCC(C)(OC)[C](C)(CC)[Tl]1[O]c2c(cccc2-c2ccccc2O)CN(C)C2CCCCC2N(C)Cc2cccc(-c3ccccc3OC)c2[O]1. The van der Waals surface area contributed by atoms with Crippen molar-refractivity contribution in [3.63, 3.8) is 0 Å². The van der Waals surface area contributed by atoms with Crippen molar-refractivity contribution in [2.75, 3.05) is 28.3 Å². The molecule has 4 aromatic carbocycles. The normalized spacial score (nSPS) is 21.0. The van der Waals surface area contributed by atoms with Crippen LogP contribution < -0.4 is 10.1 Å². The van der Waals surface area contributed by atoms with Crippen LogP contribution in [0.1, 0.15) is 77.3 Å². The first-order valence-corrected chi connectivity index (χ1v) is 24.9. The maximum atomic E-state index is 11.2. The van der Waals surface area contributed by atoms with Crippen molar-refractivity contribution in [1.82, 2.24) is 9.80 Å². The number of phenolic OH excluding ortho intramolecular Hbond substituents is 1. The molecule has 1 heterocycles. The number of hydrogen-bond donors (Lipinski definition) is 1. The number of likely N-dealkylation sites (N-methyl/N-ethyl adjacent to an activating group) is 2. The van der Waals surface area contributed by atoms with Crippen LogP contribution in [-0.2, 0) is 17.8 Å². The first-order valence-electron chi connectivity index (χ1n) is 19.0. The quantitative estimate of drug-likeness (QED) is 0.177. The first-order chi connectivity index (χ1) is 25.1. The number of para-hydroxylation sites is 4. The summed E-state index contributed by atoms with van der Waals surface area (Å²) < 4.78 is 27.5. The van der Waals surface area contributed by atoms with Crippen molar-refractivity contribution in [2.45, 2.75) is 100.0 Å². The number of aromatic hydroxyl groups is 1. The van der Waals surface area contributed by atoms with Crippen LogP contribution >= 0.6 is 0 Å². The van der Waals surface area contributed by atoms with Crippen LogP contribution in [0.2, 0.25) is 2.97 Å². The van der Waals surface area contributed by atoms with E-state index in [2.05, 4.69) is 100 Å². The average molecular weight is 898 g/mol. The van der Waals surface area contributed by atoms with Gasteiger partial charge in [0.25, 0.3) is 0 Å². The predicted molar refractivity (Wildman–Crippen MR) is 212 cm³/mol. The Morgan fingerprint density at radius 3 is 1.69 bits per heavy atom. The summed E-state index contributed by atoms with van der Waals surface area (Å²) >= 11 is -4.11. The van der Waals surface area contributed by atoms with Gasteiger partial charge in [-0.05, 0) is 0 Å². The van der Waals surface area contributed by atoms with Gasteiger partial charge in [0, 0.05) is 0 Å². The molecule has 4 atom stereocenters. The molecule has 276 valence electrons. The molecule has 0 bridgehead atoms. The number of hydrogen-bond acceptors (Lipinski definition) is 7. The van der Waals surface area contributed by atoms with E-state index in [9.17, 15) is 5.11 Å². The van der Waals surface area contributed by atoms with Crippen LogP contribution in [-0.4, -0.2) is 84.5 Å². The molecule has 52 heavy (non-hydrogen) atoms. The van der Waals surface area contributed by atoms with Gasteiger partial charge in [0.05, 0.1) is 0 Å². The van der Waals surface area contributed by atoms with Crippen LogP contribution in [0.3, 0.4) is 0 Å². The molecule has 1 saturated carbocycles. The van der Waals surface area contributed by atoms with Crippen LogP contribution in [0.15, 0.2) is 84.9 Å². The third-order valence-electron chi connectivity index (χ3n) is 12.5. The molecule has 1 fully saturated rings. The minimum absolute atomic E-state index is 0.233. The Morgan fingerprint density at radius 2 is 1.19 bits per heavy atom. The van der Waals surface area contributed by atoms with Gasteiger partial charge < -0.3 is 0 Å². The third-order valence-corrected chi connectivity index (χ3v) is 24.0. The fourth-order valence-electron chi connectivity index (χ4n) is 8.65. The molecule has 7 nitrogen and oxygen atoms in total. The minimum atomic E-state index is -4.11. The Kier molecular flexibility index (Phi) is 12.2. The molecular weight excluding hydrogens is 841 g/mol. The Hall–Kier alpha value is -3.12. The molecule has 4 unspecified atom stereocenters. The van der Waals surface area contributed by atoms with Crippen molar-refractivity contribution in [3.8, 4) is 45.3 Å². The van der Waals surface area contributed by atoms with Gasteiger partial charge in [-0.15, -0.1) is 0 Å². The number of methoxy groups -OCH3 is 2. The molecular formula is C44H57N2O5Tl. The van der Waals surface area contributed by atoms with Crippen LogP contribution in [0.25, 0.3) is 22.3 Å². The summed E-state index contributed by atoms with van der Waals surface area (Å²) in [6.45, 7) is 10.5. The van der Waals surface area contributed by atoms with E-state index < -0.39 is 32.2 Å². The van der Waals surface area contributed by atoms with E-state index >= 15 is 0 Å². The first kappa shape index (κ1) is 38.6. The number of fused-ring (bicyclic) bond motifs is 3. The molecule has 0 radical (unpaired) electrons. The summed E-state index contributed by atoms with van der Waals surface area (Å²) in [5.41, 5.74) is 5.39. The Balaban J connectivity index is 1.66. The van der Waals surface area contributed by atoms with Gasteiger partial charge in [-0.2, -0.15) is 0 Å². The molecule has 6 rings (SSSR count). The third kappa shape index (κ3) is 7.35. The molecule has 1 aliphatic carbocycles. The molecule has 2 aliphatic rings. The van der Waals surface area contributed by atoms with Crippen molar-refractivity contribution >= 4 is 23.6 Å². The Bertz CT molecular complexity index is 1830. The fraction of sp³-hybridized carbons (Fsp3) is 0.455. The molecule has 8 heteroatoms. The molecule has 4 aromatic rings. The summed E-state index contributed by atoms with van der Waals surface area (Å²) in [7, 11) is 8.11. The van der Waals surface area contributed by atoms with E-state index in [1.807, 2.05) is 37.4 Å². The predicted octanol–water partition coefficient (Wildman–Crippen LogP) is 9.85. The van der Waals surface area contributed by atoms with Gasteiger partial charge in [0.15, 0.2) is 0 Å². The fourth-order valence-corrected chi connectivity index (χ4v) is 19.2. The van der Waals surface area contributed by atoms with E-state index in [1.165, 1.54) is 12.8 Å². The van der Waals surface area contributed by atoms with Gasteiger partial charge in [-0.25, -0.2) is 0 Å². The van der Waals surface area contributed by atoms with Gasteiger partial charge in [0.2, 0.25) is 0 Å². The molecule has 0 amide bonds. The molecule has 0 spiro atoms. The van der Waals surface area contributed by atoms with Crippen LogP contribution in [0, 0.1) is 0 Å². The summed E-state index contributed by atoms with van der Waals surface area (Å²) in [4.78, 5) is 5.10.